The highest BCUT2D eigenvalue weighted by Gasteiger charge is 2.30. The quantitative estimate of drug-likeness (QED) is 0.362. The number of carbonyl (C=O) groups excluding carboxylic acids is 1. The minimum atomic E-state index is -4.47. The van der Waals surface area contributed by atoms with Crippen LogP contribution in [-0.4, -0.2) is 15.9 Å². The Morgan fingerprint density at radius 2 is 1.79 bits per heavy atom. The summed E-state index contributed by atoms with van der Waals surface area (Å²) in [6, 6.07) is 13.7. The number of carbonyl (C=O) groups is 1. The van der Waals surface area contributed by atoms with Crippen molar-refractivity contribution in [1.29, 1.82) is 0 Å². The molecule has 28 heavy (non-hydrogen) atoms. The molecule has 0 atom stereocenters. The highest BCUT2D eigenvalue weighted by Crippen LogP contribution is 2.30. The van der Waals surface area contributed by atoms with Gasteiger partial charge in [0.2, 0.25) is 5.89 Å². The van der Waals surface area contributed by atoms with Crippen LogP contribution in [0, 0.1) is 0 Å². The average molecular weight is 384 g/mol. The number of hydrogen-bond acceptors (Lipinski definition) is 5. The molecule has 0 unspecified atom stereocenters. The molecule has 0 aliphatic carbocycles. The number of aromatic nitrogens is 2. The van der Waals surface area contributed by atoms with Gasteiger partial charge in [-0.2, -0.15) is 13.2 Å². The minimum absolute atomic E-state index is 0.000147. The third kappa shape index (κ3) is 3.57. The molecule has 8 heteroatoms. The fraction of sp³-hybridized carbons (Fsp3) is 0.0500. The summed E-state index contributed by atoms with van der Waals surface area (Å²) in [6.45, 7) is 0. The fourth-order valence-electron chi connectivity index (χ4n) is 2.53. The molecule has 0 amide bonds. The first-order valence-corrected chi connectivity index (χ1v) is 8.11. The second-order valence-corrected chi connectivity index (χ2v) is 5.83. The lowest BCUT2D eigenvalue weighted by Gasteiger charge is -2.07. The molecule has 0 bridgehead atoms. The van der Waals surface area contributed by atoms with E-state index in [1.165, 1.54) is 12.1 Å². The van der Waals surface area contributed by atoms with Gasteiger partial charge in [0.15, 0.2) is 5.58 Å². The van der Waals surface area contributed by atoms with Gasteiger partial charge in [0.1, 0.15) is 17.0 Å². The SMILES string of the molecule is O=C(Oc1ccc2nc(-c3ccccn3)oc2c1)c1ccc(C(F)(F)F)cc1. The summed E-state index contributed by atoms with van der Waals surface area (Å²) in [5, 5.41) is 0. The van der Waals surface area contributed by atoms with Gasteiger partial charge in [0, 0.05) is 12.3 Å². The van der Waals surface area contributed by atoms with Crippen LogP contribution in [0.4, 0.5) is 13.2 Å². The third-order valence-electron chi connectivity index (χ3n) is 3.90. The summed E-state index contributed by atoms with van der Waals surface area (Å²) >= 11 is 0. The summed E-state index contributed by atoms with van der Waals surface area (Å²) in [5.74, 6) is -0.277. The molecule has 140 valence electrons. The first kappa shape index (κ1) is 17.7. The van der Waals surface area contributed by atoms with Crippen molar-refractivity contribution >= 4 is 17.1 Å². The van der Waals surface area contributed by atoms with Crippen LogP contribution in [-0.2, 0) is 6.18 Å². The number of hydrogen-bond donors (Lipinski definition) is 0. The number of rotatable bonds is 3. The molecule has 4 rings (SSSR count). The van der Waals surface area contributed by atoms with E-state index in [9.17, 15) is 18.0 Å². The van der Waals surface area contributed by atoms with Crippen LogP contribution in [0.25, 0.3) is 22.7 Å². The van der Waals surface area contributed by atoms with E-state index in [0.29, 0.717) is 22.7 Å². The molecule has 4 aromatic rings. The molecule has 0 fully saturated rings. The predicted octanol–water partition coefficient (Wildman–Crippen LogP) is 5.13. The predicted molar refractivity (Wildman–Crippen MR) is 93.6 cm³/mol. The largest absolute Gasteiger partial charge is 0.435 e. The number of esters is 1. The molecule has 0 saturated heterocycles. The number of pyridine rings is 1. The van der Waals surface area contributed by atoms with Gasteiger partial charge >= 0.3 is 12.1 Å². The average Bonchev–Trinajstić information content (AvgIpc) is 3.11. The highest BCUT2D eigenvalue weighted by molar-refractivity contribution is 5.91. The molecular formula is C20H11F3N2O3. The molecule has 5 nitrogen and oxygen atoms in total. The van der Waals surface area contributed by atoms with Crippen LogP contribution >= 0.6 is 0 Å². The van der Waals surface area contributed by atoms with Crippen molar-refractivity contribution < 1.29 is 27.1 Å². The standard InChI is InChI=1S/C20H11F3N2O3/c21-20(22,23)13-6-4-12(5-7-13)19(26)27-14-8-9-15-17(11-14)28-18(25-15)16-3-1-2-10-24-16/h1-11H. The second-order valence-electron chi connectivity index (χ2n) is 5.83. The van der Waals surface area contributed by atoms with Gasteiger partial charge in [-0.1, -0.05) is 6.07 Å². The first-order valence-electron chi connectivity index (χ1n) is 8.11. The summed E-state index contributed by atoms with van der Waals surface area (Å²) in [7, 11) is 0. The summed E-state index contributed by atoms with van der Waals surface area (Å²) < 4.78 is 48.7. The van der Waals surface area contributed by atoms with Crippen molar-refractivity contribution in [2.75, 3.05) is 0 Å². The molecule has 2 heterocycles. The van der Waals surface area contributed by atoms with Crippen molar-refractivity contribution in [2.45, 2.75) is 6.18 Å². The number of ether oxygens (including phenoxy) is 1. The maximum absolute atomic E-state index is 12.6. The lowest BCUT2D eigenvalue weighted by molar-refractivity contribution is -0.137. The molecular weight excluding hydrogens is 373 g/mol. The van der Waals surface area contributed by atoms with E-state index in [1.54, 1.807) is 30.5 Å². The van der Waals surface area contributed by atoms with Crippen molar-refractivity contribution in [2.24, 2.45) is 0 Å². The van der Waals surface area contributed by atoms with Gasteiger partial charge in [0.25, 0.3) is 0 Å². The topological polar surface area (TPSA) is 65.2 Å². The number of fused-ring (bicyclic) bond motifs is 1. The monoisotopic (exact) mass is 384 g/mol. The highest BCUT2D eigenvalue weighted by atomic mass is 19.4. The maximum Gasteiger partial charge on any atom is 0.416 e. The Kier molecular flexibility index (Phi) is 4.31. The van der Waals surface area contributed by atoms with Gasteiger partial charge in [0.05, 0.1) is 11.1 Å². The van der Waals surface area contributed by atoms with E-state index >= 15 is 0 Å². The molecule has 2 aromatic heterocycles. The number of halogens is 3. The number of nitrogens with zero attached hydrogens (tertiary/aromatic N) is 2. The molecule has 0 spiro atoms. The van der Waals surface area contributed by atoms with Gasteiger partial charge < -0.3 is 9.15 Å². The van der Waals surface area contributed by atoms with Gasteiger partial charge in [-0.25, -0.2) is 9.78 Å². The smallest absolute Gasteiger partial charge is 0.416 e. The molecule has 0 radical (unpaired) electrons. The summed E-state index contributed by atoms with van der Waals surface area (Å²) in [6.07, 6.45) is -2.85. The number of benzene rings is 2. The summed E-state index contributed by atoms with van der Waals surface area (Å²) in [5.41, 5.74) is 0.657. The Labute approximate surface area is 156 Å². The fourth-order valence-corrected chi connectivity index (χ4v) is 2.53. The van der Waals surface area contributed by atoms with Crippen molar-refractivity contribution in [3.8, 4) is 17.3 Å². The Bertz CT molecular complexity index is 1140. The Balaban J connectivity index is 1.55. The minimum Gasteiger partial charge on any atom is -0.435 e. The zero-order valence-corrected chi connectivity index (χ0v) is 14.1. The van der Waals surface area contributed by atoms with Crippen LogP contribution in [0.5, 0.6) is 5.75 Å². The lowest BCUT2D eigenvalue weighted by atomic mass is 10.1. The maximum atomic E-state index is 12.6. The van der Waals surface area contributed by atoms with E-state index < -0.39 is 17.7 Å². The van der Waals surface area contributed by atoms with E-state index in [4.69, 9.17) is 9.15 Å². The molecule has 0 aliphatic rings. The Morgan fingerprint density at radius 3 is 2.46 bits per heavy atom. The van der Waals surface area contributed by atoms with Crippen LogP contribution in [0.15, 0.2) is 71.3 Å². The van der Waals surface area contributed by atoms with Crippen molar-refractivity contribution in [3.05, 3.63) is 78.0 Å². The van der Waals surface area contributed by atoms with Crippen LogP contribution in [0.2, 0.25) is 0 Å². The lowest BCUT2D eigenvalue weighted by Crippen LogP contribution is -2.10. The molecule has 0 saturated carbocycles. The second kappa shape index (κ2) is 6.80. The van der Waals surface area contributed by atoms with E-state index in [0.717, 1.165) is 24.3 Å². The molecule has 0 N–H and O–H groups in total. The molecule has 2 aromatic carbocycles. The summed E-state index contributed by atoms with van der Waals surface area (Å²) in [4.78, 5) is 20.7. The Hall–Kier alpha value is -3.68. The zero-order chi connectivity index (χ0) is 19.7. The van der Waals surface area contributed by atoms with Crippen LogP contribution in [0.1, 0.15) is 15.9 Å². The Morgan fingerprint density at radius 1 is 1.00 bits per heavy atom. The van der Waals surface area contributed by atoms with Crippen molar-refractivity contribution in [1.82, 2.24) is 9.97 Å². The van der Waals surface area contributed by atoms with Gasteiger partial charge in [-0.3, -0.25) is 4.98 Å². The number of oxazole rings is 1. The zero-order valence-electron chi connectivity index (χ0n) is 14.1. The van der Waals surface area contributed by atoms with Crippen LogP contribution < -0.4 is 4.74 Å². The van der Waals surface area contributed by atoms with Gasteiger partial charge in [-0.05, 0) is 48.5 Å². The number of alkyl halides is 3. The van der Waals surface area contributed by atoms with Crippen molar-refractivity contribution in [3.63, 3.8) is 0 Å². The molecule has 0 aliphatic heterocycles. The third-order valence-corrected chi connectivity index (χ3v) is 3.90. The first-order chi connectivity index (χ1) is 13.4. The van der Waals surface area contributed by atoms with E-state index in [2.05, 4.69) is 9.97 Å². The normalized spacial score (nSPS) is 11.5. The van der Waals surface area contributed by atoms with E-state index in [1.807, 2.05) is 0 Å². The van der Waals surface area contributed by atoms with Gasteiger partial charge in [-0.15, -0.1) is 0 Å². The van der Waals surface area contributed by atoms with Crippen LogP contribution in [0.3, 0.4) is 0 Å². The van der Waals surface area contributed by atoms with E-state index in [-0.39, 0.29) is 11.3 Å².